The summed E-state index contributed by atoms with van der Waals surface area (Å²) in [5.41, 5.74) is 0.931. The van der Waals surface area contributed by atoms with Gasteiger partial charge in [-0.05, 0) is 34.5 Å². The van der Waals surface area contributed by atoms with Gasteiger partial charge in [0.25, 0.3) is 18.4 Å². The van der Waals surface area contributed by atoms with E-state index in [1.807, 2.05) is 67.6 Å². The minimum absolute atomic E-state index is 0.0183. The van der Waals surface area contributed by atoms with Gasteiger partial charge in [-0.15, -0.1) is 0 Å². The molecule has 0 aliphatic carbocycles. The second-order valence-electron chi connectivity index (χ2n) is 10.0. The number of aliphatic hydroxyl groups is 2. The fraction of sp³-hybridized carbons (Fsp3) is 0.357. The molecule has 0 amide bonds. The minimum atomic E-state index is -4.01. The quantitative estimate of drug-likeness (QED) is 0.293. The highest BCUT2D eigenvalue weighted by Gasteiger charge is 2.51. The molecule has 36 heavy (non-hydrogen) atoms. The van der Waals surface area contributed by atoms with E-state index in [1.165, 1.54) is 12.1 Å². The number of aryl methyl sites for hydroxylation is 1. The lowest BCUT2D eigenvalue weighted by Crippen LogP contribution is -2.68. The molecule has 8 heteroatoms. The SMILES string of the molecule is Cc1ccc(S(=O)(=O)OC[C@@H](O)C[C@@H](CO)O[Si](c2ccccc2)(c2ccccc2)C(C)(C)C)cc1. The maximum absolute atomic E-state index is 12.5. The zero-order valence-electron chi connectivity index (χ0n) is 21.3. The first-order chi connectivity index (χ1) is 17.0. The van der Waals surface area contributed by atoms with E-state index in [9.17, 15) is 18.6 Å². The Labute approximate surface area is 215 Å². The Bertz CT molecular complexity index is 1150. The van der Waals surface area contributed by atoms with Gasteiger partial charge in [-0.2, -0.15) is 8.42 Å². The number of hydrogen-bond acceptors (Lipinski definition) is 6. The van der Waals surface area contributed by atoms with Crippen LogP contribution in [-0.4, -0.2) is 52.4 Å². The Morgan fingerprint density at radius 1 is 0.861 bits per heavy atom. The molecule has 0 radical (unpaired) electrons. The van der Waals surface area contributed by atoms with Gasteiger partial charge < -0.3 is 14.6 Å². The van der Waals surface area contributed by atoms with Crippen molar-refractivity contribution in [3.63, 3.8) is 0 Å². The van der Waals surface area contributed by atoms with E-state index in [0.29, 0.717) is 0 Å². The van der Waals surface area contributed by atoms with E-state index in [1.54, 1.807) is 12.1 Å². The van der Waals surface area contributed by atoms with E-state index < -0.39 is 37.3 Å². The number of aliphatic hydroxyl groups excluding tert-OH is 2. The van der Waals surface area contributed by atoms with Crippen molar-refractivity contribution in [3.05, 3.63) is 90.5 Å². The molecule has 0 unspecified atom stereocenters. The summed E-state index contributed by atoms with van der Waals surface area (Å²) in [4.78, 5) is 0.0302. The molecule has 2 atom stereocenters. The summed E-state index contributed by atoms with van der Waals surface area (Å²) in [6, 6.07) is 26.3. The molecule has 2 N–H and O–H groups in total. The van der Waals surface area contributed by atoms with Gasteiger partial charge in [0.05, 0.1) is 30.3 Å². The van der Waals surface area contributed by atoms with Crippen LogP contribution in [0.25, 0.3) is 0 Å². The maximum Gasteiger partial charge on any atom is 0.297 e. The topological polar surface area (TPSA) is 93.1 Å². The summed E-state index contributed by atoms with van der Waals surface area (Å²) in [7, 11) is -6.96. The Hall–Kier alpha value is -2.33. The lowest BCUT2D eigenvalue weighted by molar-refractivity contribution is 0.0315. The van der Waals surface area contributed by atoms with E-state index >= 15 is 0 Å². The first-order valence-corrected chi connectivity index (χ1v) is 15.3. The third-order valence-corrected chi connectivity index (χ3v) is 12.6. The van der Waals surface area contributed by atoms with Gasteiger partial charge >= 0.3 is 0 Å². The van der Waals surface area contributed by atoms with Crippen molar-refractivity contribution in [3.8, 4) is 0 Å². The van der Waals surface area contributed by atoms with Crippen molar-refractivity contribution in [1.82, 2.24) is 0 Å². The monoisotopic (exact) mass is 528 g/mol. The summed E-state index contributed by atoms with van der Waals surface area (Å²) in [6.45, 7) is 7.48. The van der Waals surface area contributed by atoms with Crippen LogP contribution in [0.15, 0.2) is 89.8 Å². The summed E-state index contributed by atoms with van der Waals surface area (Å²) < 4.78 is 37.0. The van der Waals surface area contributed by atoms with Crippen LogP contribution in [0.2, 0.25) is 5.04 Å². The molecule has 0 saturated heterocycles. The van der Waals surface area contributed by atoms with Crippen LogP contribution in [0.4, 0.5) is 0 Å². The van der Waals surface area contributed by atoms with E-state index in [2.05, 4.69) is 20.8 Å². The first-order valence-electron chi connectivity index (χ1n) is 12.0. The van der Waals surface area contributed by atoms with Crippen molar-refractivity contribution >= 4 is 28.8 Å². The molecule has 0 bridgehead atoms. The average Bonchev–Trinajstić information content (AvgIpc) is 2.86. The van der Waals surface area contributed by atoms with Crippen molar-refractivity contribution in [1.29, 1.82) is 0 Å². The van der Waals surface area contributed by atoms with Crippen LogP contribution < -0.4 is 10.4 Å². The van der Waals surface area contributed by atoms with Crippen molar-refractivity contribution < 1.29 is 27.2 Å². The molecule has 3 aromatic carbocycles. The van der Waals surface area contributed by atoms with Gasteiger partial charge in [-0.3, -0.25) is 4.18 Å². The van der Waals surface area contributed by atoms with Gasteiger partial charge in [0.1, 0.15) is 0 Å². The third kappa shape index (κ3) is 6.50. The molecular weight excluding hydrogens is 492 g/mol. The largest absolute Gasteiger partial charge is 0.402 e. The third-order valence-electron chi connectivity index (χ3n) is 6.22. The van der Waals surface area contributed by atoms with Gasteiger partial charge in [0, 0.05) is 6.42 Å². The fourth-order valence-electron chi connectivity index (χ4n) is 4.41. The Balaban J connectivity index is 1.84. The summed E-state index contributed by atoms with van der Waals surface area (Å²) >= 11 is 0. The van der Waals surface area contributed by atoms with Crippen LogP contribution >= 0.6 is 0 Å². The van der Waals surface area contributed by atoms with Gasteiger partial charge in [0.15, 0.2) is 0 Å². The molecule has 6 nitrogen and oxygen atoms in total. The smallest absolute Gasteiger partial charge is 0.297 e. The van der Waals surface area contributed by atoms with Crippen molar-refractivity contribution in [2.75, 3.05) is 13.2 Å². The van der Waals surface area contributed by atoms with Crippen LogP contribution in [0.3, 0.4) is 0 Å². The van der Waals surface area contributed by atoms with E-state index in [4.69, 9.17) is 8.61 Å². The Morgan fingerprint density at radius 2 is 1.36 bits per heavy atom. The molecule has 0 fully saturated rings. The van der Waals surface area contributed by atoms with Gasteiger partial charge in [0.2, 0.25) is 0 Å². The van der Waals surface area contributed by atoms with Crippen LogP contribution in [-0.2, 0) is 18.7 Å². The van der Waals surface area contributed by atoms with Gasteiger partial charge in [-0.1, -0.05) is 99.1 Å². The van der Waals surface area contributed by atoms with Gasteiger partial charge in [-0.25, -0.2) is 0 Å². The molecular formula is C28H36O6SSi. The minimum Gasteiger partial charge on any atom is -0.402 e. The highest BCUT2D eigenvalue weighted by atomic mass is 32.2. The first kappa shape index (κ1) is 28.2. The Kier molecular flexibility index (Phi) is 9.26. The molecule has 0 aromatic heterocycles. The summed E-state index contributed by atoms with van der Waals surface area (Å²) in [5.74, 6) is 0. The van der Waals surface area contributed by atoms with E-state index in [-0.39, 0.29) is 23.0 Å². The normalized spacial score (nSPS) is 14.4. The molecule has 0 spiro atoms. The average molecular weight is 529 g/mol. The summed E-state index contributed by atoms with van der Waals surface area (Å²) in [5, 5.41) is 22.7. The standard InChI is InChI=1S/C28H36O6SSi/c1-22-15-17-25(18-16-22)35(31,32)33-21-23(30)19-24(20-29)34-36(28(2,3)4,26-11-7-5-8-12-26)27-13-9-6-10-14-27/h5-18,23-24,29-30H,19-21H2,1-4H3/t23-,24-/m0/s1. The highest BCUT2D eigenvalue weighted by Crippen LogP contribution is 2.38. The zero-order chi connectivity index (χ0) is 26.4. The second-order valence-corrected chi connectivity index (χ2v) is 15.9. The lowest BCUT2D eigenvalue weighted by Gasteiger charge is -2.45. The number of benzene rings is 3. The van der Waals surface area contributed by atoms with Crippen LogP contribution in [0.1, 0.15) is 32.8 Å². The molecule has 0 aliphatic rings. The summed E-state index contributed by atoms with van der Waals surface area (Å²) in [6.07, 6.45) is -1.86. The van der Waals surface area contributed by atoms with E-state index in [0.717, 1.165) is 15.9 Å². The van der Waals surface area contributed by atoms with Crippen molar-refractivity contribution in [2.45, 2.75) is 56.3 Å². The van der Waals surface area contributed by atoms with Crippen molar-refractivity contribution in [2.24, 2.45) is 0 Å². The highest BCUT2D eigenvalue weighted by molar-refractivity contribution is 7.86. The van der Waals surface area contributed by atoms with Crippen LogP contribution in [0, 0.1) is 6.92 Å². The molecule has 0 heterocycles. The number of rotatable bonds is 11. The second kappa shape index (κ2) is 11.8. The Morgan fingerprint density at radius 3 is 1.81 bits per heavy atom. The number of hydrogen-bond donors (Lipinski definition) is 2. The predicted octanol–water partition coefficient (Wildman–Crippen LogP) is 3.39. The fourth-order valence-corrected chi connectivity index (χ4v) is 10.0. The molecule has 0 aliphatic heterocycles. The lowest BCUT2D eigenvalue weighted by atomic mass is 10.2. The molecule has 3 aromatic rings. The maximum atomic E-state index is 12.5. The molecule has 194 valence electrons. The molecule has 0 saturated carbocycles. The predicted molar refractivity (Wildman–Crippen MR) is 145 cm³/mol. The molecule has 3 rings (SSSR count). The zero-order valence-corrected chi connectivity index (χ0v) is 23.1. The van der Waals surface area contributed by atoms with Crippen LogP contribution in [0.5, 0.6) is 0 Å².